The molecule has 0 aliphatic heterocycles. The maximum Gasteiger partial charge on any atom is 0.255 e. The van der Waals surface area contributed by atoms with Gasteiger partial charge in [0.25, 0.3) is 5.91 Å². The summed E-state index contributed by atoms with van der Waals surface area (Å²) >= 11 is 0. The summed E-state index contributed by atoms with van der Waals surface area (Å²) in [6, 6.07) is 2.88. The van der Waals surface area contributed by atoms with E-state index in [1.807, 2.05) is 0 Å². The Kier molecular flexibility index (Phi) is 4.47. The first-order valence-corrected chi connectivity index (χ1v) is 6.55. The van der Waals surface area contributed by atoms with Crippen LogP contribution >= 0.6 is 0 Å². The molecule has 1 atom stereocenters. The zero-order valence-corrected chi connectivity index (χ0v) is 11.3. The van der Waals surface area contributed by atoms with Crippen LogP contribution < -0.4 is 0 Å². The van der Waals surface area contributed by atoms with Crippen molar-refractivity contribution < 1.29 is 13.9 Å². The summed E-state index contributed by atoms with van der Waals surface area (Å²) in [6.07, 6.45) is 3.62. The number of carbonyl (C=O) groups excluding carboxylic acids is 1. The Bertz CT molecular complexity index is 432. The highest BCUT2D eigenvalue weighted by molar-refractivity contribution is 5.94. The zero-order valence-electron chi connectivity index (χ0n) is 11.3. The van der Waals surface area contributed by atoms with E-state index in [1.165, 1.54) is 31.2 Å². The molecule has 1 aromatic rings. The van der Waals surface area contributed by atoms with Crippen molar-refractivity contribution in [2.24, 2.45) is 5.92 Å². The van der Waals surface area contributed by atoms with E-state index in [0.717, 1.165) is 0 Å². The standard InChI is InChI=1S/C14H19FN2O2/c1-10(11-3-4-11)17(7-8-19-2)14(18)12-5-6-13(15)16-9-12/h5-6,9-11H,3-4,7-8H2,1-2H3. The van der Waals surface area contributed by atoms with Gasteiger partial charge in [-0.25, -0.2) is 4.98 Å². The van der Waals surface area contributed by atoms with Crippen molar-refractivity contribution in [1.29, 1.82) is 0 Å². The van der Waals surface area contributed by atoms with E-state index in [9.17, 15) is 9.18 Å². The van der Waals surface area contributed by atoms with Crippen LogP contribution in [0.2, 0.25) is 0 Å². The molecular formula is C14H19FN2O2. The molecule has 1 aromatic heterocycles. The topological polar surface area (TPSA) is 42.4 Å². The molecule has 104 valence electrons. The van der Waals surface area contributed by atoms with E-state index >= 15 is 0 Å². The van der Waals surface area contributed by atoms with Gasteiger partial charge in [0.05, 0.1) is 12.2 Å². The van der Waals surface area contributed by atoms with Gasteiger partial charge in [0.1, 0.15) is 0 Å². The van der Waals surface area contributed by atoms with Crippen molar-refractivity contribution in [2.45, 2.75) is 25.8 Å². The Labute approximate surface area is 112 Å². The van der Waals surface area contributed by atoms with Gasteiger partial charge in [0.2, 0.25) is 5.95 Å². The number of nitrogens with zero attached hydrogens (tertiary/aromatic N) is 2. The number of hydrogen-bond acceptors (Lipinski definition) is 3. The second-order valence-corrected chi connectivity index (χ2v) is 4.94. The highest BCUT2D eigenvalue weighted by atomic mass is 19.1. The maximum atomic E-state index is 12.8. The van der Waals surface area contributed by atoms with Gasteiger partial charge >= 0.3 is 0 Å². The summed E-state index contributed by atoms with van der Waals surface area (Å²) in [4.78, 5) is 17.8. The molecule has 19 heavy (non-hydrogen) atoms. The van der Waals surface area contributed by atoms with E-state index in [1.54, 1.807) is 12.0 Å². The summed E-state index contributed by atoms with van der Waals surface area (Å²) < 4.78 is 17.9. The second-order valence-electron chi connectivity index (χ2n) is 4.94. The first-order chi connectivity index (χ1) is 9.13. The van der Waals surface area contributed by atoms with Crippen LogP contribution in [0.25, 0.3) is 0 Å². The summed E-state index contributed by atoms with van der Waals surface area (Å²) in [5, 5.41) is 0. The fraction of sp³-hybridized carbons (Fsp3) is 0.571. The van der Waals surface area contributed by atoms with Gasteiger partial charge in [-0.3, -0.25) is 4.79 Å². The molecular weight excluding hydrogens is 247 g/mol. The van der Waals surface area contributed by atoms with E-state index in [2.05, 4.69) is 11.9 Å². The normalized spacial score (nSPS) is 16.2. The first-order valence-electron chi connectivity index (χ1n) is 6.55. The van der Waals surface area contributed by atoms with E-state index in [4.69, 9.17) is 4.74 Å². The maximum absolute atomic E-state index is 12.8. The number of aromatic nitrogens is 1. The molecule has 1 fully saturated rings. The first kappa shape index (κ1) is 13.9. The molecule has 1 saturated carbocycles. The number of rotatable bonds is 6. The van der Waals surface area contributed by atoms with E-state index in [-0.39, 0.29) is 11.9 Å². The average Bonchev–Trinajstić information content (AvgIpc) is 3.23. The molecule has 1 unspecified atom stereocenters. The van der Waals surface area contributed by atoms with Crippen molar-refractivity contribution >= 4 is 5.91 Å². The number of halogens is 1. The Morgan fingerprint density at radius 3 is 2.84 bits per heavy atom. The molecule has 1 amide bonds. The van der Waals surface area contributed by atoms with E-state index < -0.39 is 5.95 Å². The molecule has 1 aliphatic rings. The Hall–Kier alpha value is -1.49. The molecule has 1 heterocycles. The number of carbonyl (C=O) groups is 1. The molecule has 0 bridgehead atoms. The van der Waals surface area contributed by atoms with Gasteiger partial charge in [-0.05, 0) is 37.8 Å². The number of amides is 1. The van der Waals surface area contributed by atoms with Gasteiger partial charge in [-0.15, -0.1) is 0 Å². The third kappa shape index (κ3) is 3.50. The minimum atomic E-state index is -0.574. The number of pyridine rings is 1. The van der Waals surface area contributed by atoms with Gasteiger partial charge in [-0.1, -0.05) is 0 Å². The number of ether oxygens (including phenoxy) is 1. The lowest BCUT2D eigenvalue weighted by atomic mass is 10.1. The van der Waals surface area contributed by atoms with Crippen molar-refractivity contribution in [1.82, 2.24) is 9.88 Å². The second kappa shape index (κ2) is 6.10. The minimum Gasteiger partial charge on any atom is -0.383 e. The molecule has 0 N–H and O–H groups in total. The van der Waals surface area contributed by atoms with Crippen LogP contribution in [0.3, 0.4) is 0 Å². The van der Waals surface area contributed by atoms with Gasteiger partial charge in [0.15, 0.2) is 0 Å². The van der Waals surface area contributed by atoms with Crippen LogP contribution in [0.15, 0.2) is 18.3 Å². The molecule has 1 aliphatic carbocycles. The van der Waals surface area contributed by atoms with Gasteiger partial charge < -0.3 is 9.64 Å². The minimum absolute atomic E-state index is 0.107. The van der Waals surface area contributed by atoms with Crippen molar-refractivity contribution in [3.05, 3.63) is 29.8 Å². The lowest BCUT2D eigenvalue weighted by molar-refractivity contribution is 0.0594. The van der Waals surface area contributed by atoms with Crippen LogP contribution in [-0.4, -0.2) is 42.1 Å². The Morgan fingerprint density at radius 2 is 2.32 bits per heavy atom. The Balaban J connectivity index is 2.11. The molecule has 5 heteroatoms. The molecule has 4 nitrogen and oxygen atoms in total. The summed E-state index contributed by atoms with van der Waals surface area (Å²) in [7, 11) is 1.61. The summed E-state index contributed by atoms with van der Waals surface area (Å²) in [5.74, 6) is -0.103. The monoisotopic (exact) mass is 266 g/mol. The van der Waals surface area contributed by atoms with Crippen molar-refractivity contribution in [2.75, 3.05) is 20.3 Å². The van der Waals surface area contributed by atoms with Crippen LogP contribution in [0, 0.1) is 11.9 Å². The lowest BCUT2D eigenvalue weighted by Crippen LogP contribution is -2.42. The number of methoxy groups -OCH3 is 1. The smallest absolute Gasteiger partial charge is 0.255 e. The Morgan fingerprint density at radius 1 is 1.58 bits per heavy atom. The third-order valence-electron chi connectivity index (χ3n) is 3.57. The van der Waals surface area contributed by atoms with E-state index in [0.29, 0.717) is 24.6 Å². The SMILES string of the molecule is COCCN(C(=O)c1ccc(F)nc1)C(C)C1CC1. The van der Waals surface area contributed by atoms with Crippen LogP contribution in [-0.2, 0) is 4.74 Å². The number of hydrogen-bond donors (Lipinski definition) is 0. The molecule has 2 rings (SSSR count). The molecule has 0 saturated heterocycles. The zero-order chi connectivity index (χ0) is 13.8. The van der Waals surface area contributed by atoms with Crippen LogP contribution in [0.1, 0.15) is 30.1 Å². The largest absolute Gasteiger partial charge is 0.383 e. The van der Waals surface area contributed by atoms with Gasteiger partial charge in [-0.2, -0.15) is 4.39 Å². The molecule has 0 radical (unpaired) electrons. The summed E-state index contributed by atoms with van der Waals surface area (Å²) in [6.45, 7) is 3.10. The van der Waals surface area contributed by atoms with Crippen molar-refractivity contribution in [3.63, 3.8) is 0 Å². The lowest BCUT2D eigenvalue weighted by Gasteiger charge is -2.29. The molecule has 0 spiro atoms. The van der Waals surface area contributed by atoms with Crippen molar-refractivity contribution in [3.8, 4) is 0 Å². The quantitative estimate of drug-likeness (QED) is 0.741. The highest BCUT2D eigenvalue weighted by Gasteiger charge is 2.34. The predicted octanol–water partition coefficient (Wildman–Crippen LogP) is 2.11. The van der Waals surface area contributed by atoms with Crippen LogP contribution in [0.5, 0.6) is 0 Å². The molecule has 0 aromatic carbocycles. The van der Waals surface area contributed by atoms with Gasteiger partial charge in [0, 0.05) is 25.9 Å². The average molecular weight is 266 g/mol. The fourth-order valence-corrected chi connectivity index (χ4v) is 2.18. The predicted molar refractivity (Wildman–Crippen MR) is 69.3 cm³/mol. The fourth-order valence-electron chi connectivity index (χ4n) is 2.18. The highest BCUT2D eigenvalue weighted by Crippen LogP contribution is 2.35. The van der Waals surface area contributed by atoms with Crippen LogP contribution in [0.4, 0.5) is 4.39 Å². The summed E-state index contributed by atoms with van der Waals surface area (Å²) in [5.41, 5.74) is 0.421. The third-order valence-corrected chi connectivity index (χ3v) is 3.57.